The summed E-state index contributed by atoms with van der Waals surface area (Å²) in [5, 5.41) is 0. The third-order valence-electron chi connectivity index (χ3n) is 4.76. The molecule has 1 aliphatic rings. The van der Waals surface area contributed by atoms with Crippen LogP contribution in [-0.4, -0.2) is 59.8 Å². The predicted octanol–water partition coefficient (Wildman–Crippen LogP) is 2.68. The van der Waals surface area contributed by atoms with Gasteiger partial charge in [0.1, 0.15) is 28.6 Å². The van der Waals surface area contributed by atoms with Crippen molar-refractivity contribution in [2.45, 2.75) is 11.3 Å². The molecule has 164 valence electrons. The Labute approximate surface area is 176 Å². The van der Waals surface area contributed by atoms with Gasteiger partial charge in [-0.05, 0) is 24.3 Å². The molecule has 0 amide bonds. The first kappa shape index (κ1) is 21.1. The molecule has 0 bridgehead atoms. The molecule has 3 heterocycles. The monoisotopic (exact) mass is 453 g/mol. The lowest BCUT2D eigenvalue weighted by Gasteiger charge is -2.34. The minimum absolute atomic E-state index is 0.0888. The van der Waals surface area contributed by atoms with Gasteiger partial charge in [0.2, 0.25) is 10.0 Å². The largest absolute Gasteiger partial charge is 0.573 e. The van der Waals surface area contributed by atoms with Gasteiger partial charge in [0, 0.05) is 44.6 Å². The fraction of sp³-hybridized carbons (Fsp3) is 0.263. The molecule has 1 aromatic carbocycles. The van der Waals surface area contributed by atoms with Crippen LogP contribution in [0.1, 0.15) is 0 Å². The van der Waals surface area contributed by atoms with E-state index in [-0.39, 0.29) is 13.1 Å². The summed E-state index contributed by atoms with van der Waals surface area (Å²) < 4.78 is 70.9. The number of hydrogen-bond acceptors (Lipinski definition) is 6. The Morgan fingerprint density at radius 2 is 1.55 bits per heavy atom. The van der Waals surface area contributed by atoms with Gasteiger partial charge < -0.3 is 14.2 Å². The zero-order valence-electron chi connectivity index (χ0n) is 16.1. The van der Waals surface area contributed by atoms with E-state index < -0.39 is 27.0 Å². The quantitative estimate of drug-likeness (QED) is 0.591. The molecule has 1 saturated heterocycles. The summed E-state index contributed by atoms with van der Waals surface area (Å²) in [5.74, 6) is 0.560. The fourth-order valence-electron chi connectivity index (χ4n) is 3.31. The molecule has 1 fully saturated rings. The summed E-state index contributed by atoms with van der Waals surface area (Å²) in [6, 6.07) is 10.3. The Kier molecular flexibility index (Phi) is 5.58. The van der Waals surface area contributed by atoms with Gasteiger partial charge in [-0.1, -0.05) is 12.1 Å². The molecule has 2 aromatic heterocycles. The van der Waals surface area contributed by atoms with Crippen molar-refractivity contribution in [3.8, 4) is 11.6 Å². The van der Waals surface area contributed by atoms with Crippen LogP contribution in [0.4, 0.5) is 19.0 Å². The summed E-state index contributed by atoms with van der Waals surface area (Å²) in [7, 11) is -4.17. The van der Waals surface area contributed by atoms with Gasteiger partial charge in [-0.3, -0.25) is 0 Å². The number of ether oxygens (including phenoxy) is 1. The van der Waals surface area contributed by atoms with Crippen LogP contribution in [0.3, 0.4) is 0 Å². The summed E-state index contributed by atoms with van der Waals surface area (Å²) in [4.78, 5) is 9.87. The average Bonchev–Trinajstić information content (AvgIpc) is 3.28. The summed E-state index contributed by atoms with van der Waals surface area (Å²) in [6.07, 6.45) is 0.126. The predicted molar refractivity (Wildman–Crippen MR) is 105 cm³/mol. The molecule has 0 N–H and O–H groups in total. The number of hydrogen-bond donors (Lipinski definition) is 0. The van der Waals surface area contributed by atoms with Gasteiger partial charge in [-0.25, -0.2) is 18.4 Å². The number of anilines is 1. The number of piperazine rings is 1. The second-order valence-corrected chi connectivity index (χ2v) is 8.62. The van der Waals surface area contributed by atoms with Crippen molar-refractivity contribution < 1.29 is 26.3 Å². The van der Waals surface area contributed by atoms with E-state index in [2.05, 4.69) is 14.7 Å². The van der Waals surface area contributed by atoms with Crippen molar-refractivity contribution in [1.82, 2.24) is 18.8 Å². The zero-order valence-corrected chi connectivity index (χ0v) is 16.9. The number of alkyl halides is 3. The van der Waals surface area contributed by atoms with E-state index in [1.807, 2.05) is 34.0 Å². The molecule has 12 heteroatoms. The van der Waals surface area contributed by atoms with Crippen molar-refractivity contribution in [1.29, 1.82) is 0 Å². The molecule has 1 aliphatic heterocycles. The smallest absolute Gasteiger partial charge is 0.404 e. The normalized spacial score (nSPS) is 15.8. The van der Waals surface area contributed by atoms with E-state index in [4.69, 9.17) is 0 Å². The first-order valence-electron chi connectivity index (χ1n) is 9.29. The summed E-state index contributed by atoms with van der Waals surface area (Å²) >= 11 is 0. The highest BCUT2D eigenvalue weighted by molar-refractivity contribution is 7.89. The average molecular weight is 453 g/mol. The van der Waals surface area contributed by atoms with Crippen LogP contribution in [0.5, 0.6) is 5.75 Å². The maximum atomic E-state index is 13.0. The third-order valence-corrected chi connectivity index (χ3v) is 6.70. The van der Waals surface area contributed by atoms with E-state index in [0.29, 0.717) is 24.7 Å². The lowest BCUT2D eigenvalue weighted by molar-refractivity contribution is -0.275. The summed E-state index contributed by atoms with van der Waals surface area (Å²) in [6.45, 7) is 0.824. The van der Waals surface area contributed by atoms with Gasteiger partial charge in [-0.15, -0.1) is 13.2 Å². The van der Waals surface area contributed by atoms with Gasteiger partial charge in [0.15, 0.2) is 0 Å². The van der Waals surface area contributed by atoms with Crippen LogP contribution < -0.4 is 9.64 Å². The van der Waals surface area contributed by atoms with Crippen LogP contribution in [0.25, 0.3) is 5.82 Å². The van der Waals surface area contributed by atoms with Crippen molar-refractivity contribution in [3.05, 3.63) is 61.2 Å². The second-order valence-electron chi connectivity index (χ2n) is 6.71. The molecule has 0 saturated carbocycles. The number of benzene rings is 1. The third kappa shape index (κ3) is 4.64. The Morgan fingerprint density at radius 1 is 0.903 bits per heavy atom. The molecule has 0 radical (unpaired) electrons. The molecule has 0 atom stereocenters. The first-order chi connectivity index (χ1) is 14.7. The van der Waals surface area contributed by atoms with Gasteiger partial charge in [-0.2, -0.15) is 4.31 Å². The topological polar surface area (TPSA) is 80.6 Å². The highest BCUT2D eigenvalue weighted by Gasteiger charge is 2.36. The van der Waals surface area contributed by atoms with Crippen molar-refractivity contribution in [2.75, 3.05) is 31.1 Å². The second kappa shape index (κ2) is 8.19. The van der Waals surface area contributed by atoms with E-state index in [1.54, 1.807) is 6.07 Å². The lowest BCUT2D eigenvalue weighted by atomic mass is 10.3. The van der Waals surface area contributed by atoms with E-state index in [1.165, 1.54) is 18.5 Å². The highest BCUT2D eigenvalue weighted by atomic mass is 32.2. The Bertz CT molecular complexity index is 1140. The molecule has 0 spiro atoms. The summed E-state index contributed by atoms with van der Waals surface area (Å²) in [5.41, 5.74) is 0. The SMILES string of the molecule is O=S(=O)(c1ccccc1OC(F)(F)F)N1CCN(c2cc(-n3cccc3)ncn2)CC1. The minimum Gasteiger partial charge on any atom is -0.404 e. The number of nitrogens with zero attached hydrogens (tertiary/aromatic N) is 5. The zero-order chi connectivity index (χ0) is 22.1. The van der Waals surface area contributed by atoms with E-state index in [9.17, 15) is 21.6 Å². The number of para-hydroxylation sites is 1. The van der Waals surface area contributed by atoms with E-state index in [0.717, 1.165) is 16.4 Å². The number of aromatic nitrogens is 3. The fourth-order valence-corrected chi connectivity index (χ4v) is 4.84. The molecule has 3 aromatic rings. The molecule has 4 rings (SSSR count). The van der Waals surface area contributed by atoms with Crippen molar-refractivity contribution >= 4 is 15.8 Å². The first-order valence-corrected chi connectivity index (χ1v) is 10.7. The molecule has 8 nitrogen and oxygen atoms in total. The van der Waals surface area contributed by atoms with Crippen LogP contribution in [0.2, 0.25) is 0 Å². The van der Waals surface area contributed by atoms with Gasteiger partial charge >= 0.3 is 6.36 Å². The standard InChI is InChI=1S/C19H18F3N5O3S/c20-19(21,22)30-15-5-1-2-6-16(15)31(28,29)27-11-9-26(10-12-27)18-13-17(23-14-24-18)25-7-3-4-8-25/h1-8,13-14H,9-12H2. The molecular weight excluding hydrogens is 435 g/mol. The molecule has 0 aliphatic carbocycles. The molecule has 31 heavy (non-hydrogen) atoms. The Balaban J connectivity index is 1.50. The van der Waals surface area contributed by atoms with E-state index >= 15 is 0 Å². The Hall–Kier alpha value is -3.12. The number of sulfonamides is 1. The number of rotatable bonds is 5. The maximum Gasteiger partial charge on any atom is 0.573 e. The van der Waals surface area contributed by atoms with Crippen LogP contribution in [0, 0.1) is 0 Å². The minimum atomic E-state index is -4.99. The lowest BCUT2D eigenvalue weighted by Crippen LogP contribution is -2.49. The maximum absolute atomic E-state index is 13.0. The van der Waals surface area contributed by atoms with Gasteiger partial charge in [0.05, 0.1) is 0 Å². The molecule has 0 unspecified atom stereocenters. The molecular formula is C19H18F3N5O3S. The number of halogens is 3. The van der Waals surface area contributed by atoms with Crippen LogP contribution in [0.15, 0.2) is 66.1 Å². The highest BCUT2D eigenvalue weighted by Crippen LogP contribution is 2.32. The Morgan fingerprint density at radius 3 is 2.23 bits per heavy atom. The van der Waals surface area contributed by atoms with Gasteiger partial charge in [0.25, 0.3) is 0 Å². The van der Waals surface area contributed by atoms with Crippen molar-refractivity contribution in [3.63, 3.8) is 0 Å². The van der Waals surface area contributed by atoms with Crippen molar-refractivity contribution in [2.24, 2.45) is 0 Å². The van der Waals surface area contributed by atoms with Crippen LogP contribution >= 0.6 is 0 Å². The van der Waals surface area contributed by atoms with Crippen LogP contribution in [-0.2, 0) is 10.0 Å².